The summed E-state index contributed by atoms with van der Waals surface area (Å²) in [6.45, 7) is -0.138. The summed E-state index contributed by atoms with van der Waals surface area (Å²) in [5, 5.41) is 10.2. The van der Waals surface area contributed by atoms with Crippen LogP contribution in [0.4, 0.5) is 0 Å². The number of rotatable bonds is 4. The van der Waals surface area contributed by atoms with E-state index in [1.807, 2.05) is 0 Å². The molecule has 0 amide bonds. The summed E-state index contributed by atoms with van der Waals surface area (Å²) in [5.41, 5.74) is -2.55. The molecule has 1 aromatic rings. The Balaban J connectivity index is 2.32. The van der Waals surface area contributed by atoms with Crippen molar-refractivity contribution in [2.75, 3.05) is 6.54 Å². The van der Waals surface area contributed by atoms with Crippen molar-refractivity contribution in [3.8, 4) is 0 Å². The molecule has 21 heavy (non-hydrogen) atoms. The number of nitrogens with one attached hydrogen (secondary N) is 1. The molecule has 9 heteroatoms. The molecular formula is C12H19N3O5S. The lowest BCUT2D eigenvalue weighted by Crippen LogP contribution is -2.45. The van der Waals surface area contributed by atoms with Gasteiger partial charge in [-0.15, -0.1) is 0 Å². The third-order valence-electron chi connectivity index (χ3n) is 3.83. The molecule has 1 saturated carbocycles. The highest BCUT2D eigenvalue weighted by molar-refractivity contribution is 7.89. The fourth-order valence-corrected chi connectivity index (χ4v) is 3.75. The van der Waals surface area contributed by atoms with Crippen LogP contribution in [0.15, 0.2) is 20.7 Å². The summed E-state index contributed by atoms with van der Waals surface area (Å²) in [6.07, 6.45) is 3.74. The lowest BCUT2D eigenvalue weighted by molar-refractivity contribution is 0.0531. The Morgan fingerprint density at radius 2 is 1.86 bits per heavy atom. The van der Waals surface area contributed by atoms with Gasteiger partial charge in [-0.25, -0.2) is 17.9 Å². The lowest BCUT2D eigenvalue weighted by atomic mass is 10.0. The molecule has 1 aliphatic carbocycles. The van der Waals surface area contributed by atoms with E-state index in [0.717, 1.165) is 28.2 Å². The Morgan fingerprint density at radius 3 is 2.43 bits per heavy atom. The first-order chi connectivity index (χ1) is 9.66. The molecule has 0 aromatic carbocycles. The first-order valence-electron chi connectivity index (χ1n) is 6.65. The number of sulfonamides is 1. The minimum atomic E-state index is -4.08. The third-order valence-corrected chi connectivity index (χ3v) is 5.21. The second kappa shape index (κ2) is 5.39. The van der Waals surface area contributed by atoms with Crippen LogP contribution in [0.3, 0.4) is 0 Å². The van der Waals surface area contributed by atoms with Crippen LogP contribution in [0.1, 0.15) is 25.7 Å². The molecule has 0 atom stereocenters. The van der Waals surface area contributed by atoms with Gasteiger partial charge in [-0.05, 0) is 12.8 Å². The quantitative estimate of drug-likeness (QED) is 0.715. The van der Waals surface area contributed by atoms with Crippen molar-refractivity contribution < 1.29 is 13.5 Å². The molecule has 1 fully saturated rings. The molecule has 0 bridgehead atoms. The number of nitrogens with zero attached hydrogens (tertiary/aromatic N) is 2. The van der Waals surface area contributed by atoms with Crippen LogP contribution in [0.25, 0.3) is 0 Å². The molecule has 0 spiro atoms. The van der Waals surface area contributed by atoms with Crippen LogP contribution in [0.2, 0.25) is 0 Å². The van der Waals surface area contributed by atoms with Gasteiger partial charge in [-0.1, -0.05) is 12.8 Å². The van der Waals surface area contributed by atoms with Crippen LogP contribution >= 0.6 is 0 Å². The van der Waals surface area contributed by atoms with Crippen LogP contribution in [0.5, 0.6) is 0 Å². The minimum Gasteiger partial charge on any atom is -0.389 e. The monoisotopic (exact) mass is 317 g/mol. The number of hydrogen-bond donors (Lipinski definition) is 2. The van der Waals surface area contributed by atoms with Crippen molar-refractivity contribution in [1.29, 1.82) is 0 Å². The smallest absolute Gasteiger partial charge is 0.330 e. The molecule has 1 aliphatic rings. The standard InChI is InChI=1S/C12H19N3O5S/c1-14-7-9(10(16)15(2)11(14)17)21(19,20)13-8-12(18)5-3-4-6-12/h7,13,18H,3-6,8H2,1-2H3. The third kappa shape index (κ3) is 3.09. The maximum absolute atomic E-state index is 12.2. The Kier molecular flexibility index (Phi) is 4.09. The first-order valence-corrected chi connectivity index (χ1v) is 8.13. The number of aromatic nitrogens is 2. The zero-order valence-electron chi connectivity index (χ0n) is 12.0. The zero-order chi connectivity index (χ0) is 15.8. The van der Waals surface area contributed by atoms with Gasteiger partial charge < -0.3 is 9.67 Å². The van der Waals surface area contributed by atoms with E-state index < -0.39 is 31.8 Å². The Labute approximate surface area is 122 Å². The van der Waals surface area contributed by atoms with E-state index in [1.165, 1.54) is 14.1 Å². The van der Waals surface area contributed by atoms with Gasteiger partial charge in [0.25, 0.3) is 5.56 Å². The van der Waals surface area contributed by atoms with Crippen LogP contribution in [0, 0.1) is 0 Å². The van der Waals surface area contributed by atoms with Gasteiger partial charge in [0.15, 0.2) is 4.90 Å². The van der Waals surface area contributed by atoms with Crippen LogP contribution < -0.4 is 16.0 Å². The maximum atomic E-state index is 12.2. The maximum Gasteiger partial charge on any atom is 0.330 e. The second-order valence-corrected chi connectivity index (χ2v) is 7.24. The van der Waals surface area contributed by atoms with E-state index in [1.54, 1.807) is 0 Å². The first kappa shape index (κ1) is 15.9. The molecule has 0 aliphatic heterocycles. The predicted molar refractivity (Wildman–Crippen MR) is 75.5 cm³/mol. The van der Waals surface area contributed by atoms with Gasteiger partial charge in [-0.3, -0.25) is 9.36 Å². The van der Waals surface area contributed by atoms with E-state index in [-0.39, 0.29) is 6.54 Å². The summed E-state index contributed by atoms with van der Waals surface area (Å²) in [7, 11) is -1.50. The van der Waals surface area contributed by atoms with Crippen LogP contribution in [-0.4, -0.2) is 34.8 Å². The summed E-state index contributed by atoms with van der Waals surface area (Å²) in [5.74, 6) is 0. The van der Waals surface area contributed by atoms with Gasteiger partial charge in [0.2, 0.25) is 10.0 Å². The fourth-order valence-electron chi connectivity index (χ4n) is 2.48. The highest BCUT2D eigenvalue weighted by Gasteiger charge is 2.33. The molecule has 0 saturated heterocycles. The molecule has 1 heterocycles. The SMILES string of the molecule is Cn1cc(S(=O)(=O)NCC2(O)CCCC2)c(=O)n(C)c1=O. The van der Waals surface area contributed by atoms with Crippen molar-refractivity contribution in [1.82, 2.24) is 13.9 Å². The largest absolute Gasteiger partial charge is 0.389 e. The van der Waals surface area contributed by atoms with Crippen molar-refractivity contribution in [3.05, 3.63) is 27.0 Å². The van der Waals surface area contributed by atoms with Gasteiger partial charge in [0.05, 0.1) is 5.60 Å². The average Bonchev–Trinajstić information content (AvgIpc) is 2.86. The van der Waals surface area contributed by atoms with Gasteiger partial charge in [-0.2, -0.15) is 0 Å². The fraction of sp³-hybridized carbons (Fsp3) is 0.667. The van der Waals surface area contributed by atoms with Gasteiger partial charge >= 0.3 is 5.69 Å². The number of hydrogen-bond acceptors (Lipinski definition) is 5. The lowest BCUT2D eigenvalue weighted by Gasteiger charge is -2.22. The highest BCUT2D eigenvalue weighted by atomic mass is 32.2. The molecular weight excluding hydrogens is 298 g/mol. The summed E-state index contributed by atoms with van der Waals surface area (Å²) >= 11 is 0. The van der Waals surface area contributed by atoms with E-state index >= 15 is 0 Å². The summed E-state index contributed by atoms with van der Waals surface area (Å²) in [6, 6.07) is 0. The zero-order valence-corrected chi connectivity index (χ0v) is 12.8. The number of aliphatic hydroxyl groups is 1. The predicted octanol–water partition coefficient (Wildman–Crippen LogP) is -1.33. The van der Waals surface area contributed by atoms with Crippen LogP contribution in [-0.2, 0) is 24.1 Å². The molecule has 2 rings (SSSR count). The van der Waals surface area contributed by atoms with Crippen molar-refractivity contribution >= 4 is 10.0 Å². The molecule has 0 radical (unpaired) electrons. The van der Waals surface area contributed by atoms with E-state index in [2.05, 4.69) is 4.72 Å². The summed E-state index contributed by atoms with van der Waals surface area (Å²) in [4.78, 5) is 23.0. The van der Waals surface area contributed by atoms with E-state index in [4.69, 9.17) is 0 Å². The molecule has 2 N–H and O–H groups in total. The normalized spacial score (nSPS) is 18.0. The van der Waals surface area contributed by atoms with E-state index in [9.17, 15) is 23.1 Å². The second-order valence-electron chi connectivity index (χ2n) is 5.51. The van der Waals surface area contributed by atoms with Crippen molar-refractivity contribution in [2.24, 2.45) is 14.1 Å². The van der Waals surface area contributed by atoms with Crippen molar-refractivity contribution in [2.45, 2.75) is 36.2 Å². The van der Waals surface area contributed by atoms with Crippen molar-refractivity contribution in [3.63, 3.8) is 0 Å². The van der Waals surface area contributed by atoms with E-state index in [0.29, 0.717) is 12.8 Å². The molecule has 118 valence electrons. The minimum absolute atomic E-state index is 0.138. The molecule has 8 nitrogen and oxygen atoms in total. The Morgan fingerprint density at radius 1 is 1.29 bits per heavy atom. The highest BCUT2D eigenvalue weighted by Crippen LogP contribution is 2.28. The topological polar surface area (TPSA) is 110 Å². The molecule has 0 unspecified atom stereocenters. The Bertz CT molecular complexity index is 756. The average molecular weight is 317 g/mol. The number of aryl methyl sites for hydroxylation is 1. The molecule has 1 aromatic heterocycles. The summed E-state index contributed by atoms with van der Waals surface area (Å²) < 4.78 is 28.5. The van der Waals surface area contributed by atoms with Gasteiger partial charge in [0, 0.05) is 26.8 Å². The van der Waals surface area contributed by atoms with Gasteiger partial charge in [0.1, 0.15) is 0 Å². The Hall–Kier alpha value is -1.45.